The molecule has 0 bridgehead atoms. The molecule has 2 aromatic rings. The fourth-order valence-corrected chi connectivity index (χ4v) is 3.21. The second kappa shape index (κ2) is 7.70. The van der Waals surface area contributed by atoms with Gasteiger partial charge in [-0.25, -0.2) is 0 Å². The summed E-state index contributed by atoms with van der Waals surface area (Å²) in [6.45, 7) is 3.96. The van der Waals surface area contributed by atoms with Crippen LogP contribution in [0.25, 0.3) is 0 Å². The van der Waals surface area contributed by atoms with E-state index in [2.05, 4.69) is 24.0 Å². The van der Waals surface area contributed by atoms with Gasteiger partial charge in [0.05, 0.1) is 12.5 Å². The zero-order valence-corrected chi connectivity index (χ0v) is 15.2. The number of rotatable bonds is 4. The molecule has 0 spiro atoms. The third-order valence-corrected chi connectivity index (χ3v) is 4.56. The highest BCUT2D eigenvalue weighted by Gasteiger charge is 2.28. The number of aryl methyl sites for hydroxylation is 1. The number of ether oxygens (including phenoxy) is 1. The van der Waals surface area contributed by atoms with Crippen molar-refractivity contribution in [2.75, 3.05) is 27.2 Å². The van der Waals surface area contributed by atoms with Crippen molar-refractivity contribution in [2.24, 2.45) is 0 Å². The maximum absolute atomic E-state index is 13.1. The topological polar surface area (TPSA) is 32.8 Å². The van der Waals surface area contributed by atoms with Crippen molar-refractivity contribution >= 4 is 5.91 Å². The molecule has 1 aliphatic heterocycles. The van der Waals surface area contributed by atoms with Gasteiger partial charge in [-0.05, 0) is 32.6 Å². The summed E-state index contributed by atoms with van der Waals surface area (Å²) in [4.78, 5) is 17.1. The van der Waals surface area contributed by atoms with Crippen LogP contribution < -0.4 is 4.74 Å². The van der Waals surface area contributed by atoms with E-state index in [1.807, 2.05) is 55.4 Å². The van der Waals surface area contributed by atoms with Gasteiger partial charge in [0.25, 0.3) is 0 Å². The van der Waals surface area contributed by atoms with Crippen LogP contribution in [0.2, 0.25) is 0 Å². The fourth-order valence-electron chi connectivity index (χ4n) is 3.21. The smallest absolute Gasteiger partial charge is 0.227 e. The molecule has 132 valence electrons. The molecule has 0 aromatic heterocycles. The summed E-state index contributed by atoms with van der Waals surface area (Å²) < 4.78 is 5.99. The average molecular weight is 338 g/mol. The van der Waals surface area contributed by atoms with Crippen LogP contribution in [0.4, 0.5) is 0 Å². The van der Waals surface area contributed by atoms with Gasteiger partial charge in [-0.3, -0.25) is 4.79 Å². The van der Waals surface area contributed by atoms with Crippen LogP contribution in [-0.2, 0) is 17.8 Å². The lowest BCUT2D eigenvalue weighted by atomic mass is 10.1. The maximum atomic E-state index is 13.1. The summed E-state index contributed by atoms with van der Waals surface area (Å²) >= 11 is 0. The first-order valence-corrected chi connectivity index (χ1v) is 8.73. The molecule has 0 fully saturated rings. The number of benzene rings is 2. The van der Waals surface area contributed by atoms with Crippen molar-refractivity contribution in [2.45, 2.75) is 25.9 Å². The number of carbonyl (C=O) groups excluding carboxylic acids is 1. The molecule has 1 unspecified atom stereocenters. The van der Waals surface area contributed by atoms with Crippen molar-refractivity contribution in [3.63, 3.8) is 0 Å². The fraction of sp³-hybridized carbons (Fsp3) is 0.381. The Bertz CT molecular complexity index is 725. The first kappa shape index (κ1) is 17.5. The molecule has 1 atom stereocenters. The van der Waals surface area contributed by atoms with Crippen molar-refractivity contribution in [1.82, 2.24) is 9.80 Å². The molecule has 1 aliphatic rings. The lowest BCUT2D eigenvalue weighted by Crippen LogP contribution is -2.47. The second-order valence-electron chi connectivity index (χ2n) is 7.02. The predicted octanol–water partition coefficient (Wildman–Crippen LogP) is 2.89. The second-order valence-corrected chi connectivity index (χ2v) is 7.02. The van der Waals surface area contributed by atoms with E-state index in [4.69, 9.17) is 4.74 Å². The van der Waals surface area contributed by atoms with Gasteiger partial charge in [0.2, 0.25) is 5.91 Å². The summed E-state index contributed by atoms with van der Waals surface area (Å²) in [5.74, 6) is 1.04. The molecule has 3 rings (SSSR count). The summed E-state index contributed by atoms with van der Waals surface area (Å²) in [5, 5.41) is 0. The first-order valence-electron chi connectivity index (χ1n) is 8.73. The molecule has 0 saturated carbocycles. The molecule has 1 amide bonds. The minimum Gasteiger partial charge on any atom is -0.491 e. The van der Waals surface area contributed by atoms with Crippen molar-refractivity contribution in [1.29, 1.82) is 0 Å². The number of para-hydroxylation sites is 1. The van der Waals surface area contributed by atoms with Gasteiger partial charge < -0.3 is 14.5 Å². The SMILES string of the molecule is Cc1ccc(CC(=O)N2Cc3ccccc3OCC2CN(C)C)cc1. The third kappa shape index (κ3) is 4.40. The molecule has 0 aliphatic carbocycles. The molecular formula is C21H26N2O2. The van der Waals surface area contributed by atoms with E-state index in [1.54, 1.807) is 0 Å². The Morgan fingerprint density at radius 3 is 2.60 bits per heavy atom. The van der Waals surface area contributed by atoms with Gasteiger partial charge in [0.1, 0.15) is 12.4 Å². The van der Waals surface area contributed by atoms with E-state index in [1.165, 1.54) is 5.56 Å². The molecule has 0 saturated heterocycles. The number of fused-ring (bicyclic) bond motifs is 1. The zero-order valence-electron chi connectivity index (χ0n) is 15.2. The lowest BCUT2D eigenvalue weighted by Gasteiger charge is -2.31. The molecule has 4 nitrogen and oxygen atoms in total. The van der Waals surface area contributed by atoms with Crippen LogP contribution >= 0.6 is 0 Å². The number of likely N-dealkylation sites (N-methyl/N-ethyl adjacent to an activating group) is 1. The molecule has 25 heavy (non-hydrogen) atoms. The highest BCUT2D eigenvalue weighted by molar-refractivity contribution is 5.79. The third-order valence-electron chi connectivity index (χ3n) is 4.56. The number of hydrogen-bond donors (Lipinski definition) is 0. The van der Waals surface area contributed by atoms with E-state index >= 15 is 0 Å². The standard InChI is InChI=1S/C21H26N2O2/c1-16-8-10-17(11-9-16)12-21(24)23-13-18-6-4-5-7-20(18)25-15-19(23)14-22(2)3/h4-11,19H,12-15H2,1-3H3. The van der Waals surface area contributed by atoms with Crippen LogP contribution in [0.3, 0.4) is 0 Å². The Morgan fingerprint density at radius 2 is 1.88 bits per heavy atom. The quantitative estimate of drug-likeness (QED) is 0.859. The van der Waals surface area contributed by atoms with Crippen LogP contribution in [0.1, 0.15) is 16.7 Å². The lowest BCUT2D eigenvalue weighted by molar-refractivity contribution is -0.134. The van der Waals surface area contributed by atoms with Gasteiger partial charge in [-0.2, -0.15) is 0 Å². The highest BCUT2D eigenvalue weighted by atomic mass is 16.5. The van der Waals surface area contributed by atoms with Crippen LogP contribution in [-0.4, -0.2) is 49.0 Å². The minimum absolute atomic E-state index is 0.0420. The van der Waals surface area contributed by atoms with Gasteiger partial charge in [-0.1, -0.05) is 48.0 Å². The average Bonchev–Trinajstić information content (AvgIpc) is 2.76. The summed E-state index contributed by atoms with van der Waals surface area (Å²) in [6.07, 6.45) is 0.423. The molecule has 2 aromatic carbocycles. The summed E-state index contributed by atoms with van der Waals surface area (Å²) in [7, 11) is 4.06. The molecule has 4 heteroatoms. The van der Waals surface area contributed by atoms with Crippen molar-refractivity contribution < 1.29 is 9.53 Å². The van der Waals surface area contributed by atoms with Gasteiger partial charge in [0, 0.05) is 18.7 Å². The number of carbonyl (C=O) groups is 1. The van der Waals surface area contributed by atoms with Gasteiger partial charge in [0.15, 0.2) is 0 Å². The van der Waals surface area contributed by atoms with Crippen LogP contribution in [0.15, 0.2) is 48.5 Å². The molecular weight excluding hydrogens is 312 g/mol. The number of amides is 1. The van der Waals surface area contributed by atoms with Crippen LogP contribution in [0, 0.1) is 6.92 Å². The van der Waals surface area contributed by atoms with E-state index in [0.29, 0.717) is 19.6 Å². The van der Waals surface area contributed by atoms with Gasteiger partial charge >= 0.3 is 0 Å². The number of nitrogens with zero attached hydrogens (tertiary/aromatic N) is 2. The molecule has 0 radical (unpaired) electrons. The minimum atomic E-state index is 0.0420. The molecule has 0 N–H and O–H groups in total. The largest absolute Gasteiger partial charge is 0.491 e. The first-order chi connectivity index (χ1) is 12.0. The highest BCUT2D eigenvalue weighted by Crippen LogP contribution is 2.25. The van der Waals surface area contributed by atoms with Gasteiger partial charge in [-0.15, -0.1) is 0 Å². The van der Waals surface area contributed by atoms with Crippen molar-refractivity contribution in [3.8, 4) is 5.75 Å². The Balaban J connectivity index is 1.82. The molecule has 1 heterocycles. The van der Waals surface area contributed by atoms with Crippen molar-refractivity contribution in [3.05, 3.63) is 65.2 Å². The zero-order chi connectivity index (χ0) is 17.8. The monoisotopic (exact) mass is 338 g/mol. The van der Waals surface area contributed by atoms with Crippen LogP contribution in [0.5, 0.6) is 5.75 Å². The summed E-state index contributed by atoms with van der Waals surface area (Å²) in [5.41, 5.74) is 3.33. The van der Waals surface area contributed by atoms with E-state index in [0.717, 1.165) is 23.4 Å². The maximum Gasteiger partial charge on any atom is 0.227 e. The Labute approximate surface area is 150 Å². The Kier molecular flexibility index (Phi) is 5.39. The van der Waals surface area contributed by atoms with E-state index in [-0.39, 0.29) is 11.9 Å². The summed E-state index contributed by atoms with van der Waals surface area (Å²) in [6, 6.07) is 16.2. The Hall–Kier alpha value is -2.33. The van der Waals surface area contributed by atoms with E-state index in [9.17, 15) is 4.79 Å². The number of hydrogen-bond acceptors (Lipinski definition) is 3. The predicted molar refractivity (Wildman–Crippen MR) is 99.7 cm³/mol. The van der Waals surface area contributed by atoms with E-state index < -0.39 is 0 Å². The Morgan fingerprint density at radius 1 is 1.16 bits per heavy atom. The normalized spacial score (nSPS) is 17.0.